The fraction of sp³-hybridized carbons (Fsp3) is 0.360. The number of fused-ring (bicyclic) bond motifs is 2. The number of amides is 1. The molecule has 0 bridgehead atoms. The molecule has 1 amide bonds. The van der Waals surface area contributed by atoms with Crippen molar-refractivity contribution in [2.24, 2.45) is 13.0 Å². The third-order valence-corrected chi connectivity index (χ3v) is 6.90. The number of nitrogens with zero attached hydrogens (tertiary/aromatic N) is 4. The van der Waals surface area contributed by atoms with Crippen LogP contribution >= 0.6 is 11.6 Å². The Morgan fingerprint density at radius 2 is 1.91 bits per heavy atom. The second kappa shape index (κ2) is 8.51. The Hall–Kier alpha value is -2.99. The number of hydrogen-bond acceptors (Lipinski definition) is 4. The predicted octanol–water partition coefficient (Wildman–Crippen LogP) is 5.14. The molecule has 0 unspecified atom stereocenters. The summed E-state index contributed by atoms with van der Waals surface area (Å²) in [5.41, 5.74) is 5.30. The first-order valence-corrected chi connectivity index (χ1v) is 11.6. The number of carbonyl (C=O) groups excluding carboxylic acids is 1. The van der Waals surface area contributed by atoms with Crippen molar-refractivity contribution in [3.05, 3.63) is 64.8 Å². The van der Waals surface area contributed by atoms with Crippen molar-refractivity contribution in [1.82, 2.24) is 9.78 Å². The van der Waals surface area contributed by atoms with E-state index in [-0.39, 0.29) is 11.8 Å². The summed E-state index contributed by atoms with van der Waals surface area (Å²) in [7, 11) is 1.90. The lowest BCUT2D eigenvalue weighted by Crippen LogP contribution is -2.42. The van der Waals surface area contributed by atoms with Crippen LogP contribution in [0.5, 0.6) is 0 Å². The molecule has 1 N–H and O–H groups in total. The van der Waals surface area contributed by atoms with Crippen molar-refractivity contribution in [3.63, 3.8) is 0 Å². The molecule has 5 rings (SSSR count). The lowest BCUT2D eigenvalue weighted by atomic mass is 9.94. The molecule has 0 radical (unpaired) electrons. The molecule has 3 aromatic rings. The fourth-order valence-corrected chi connectivity index (χ4v) is 4.90. The zero-order chi connectivity index (χ0) is 22.2. The van der Waals surface area contributed by atoms with Crippen molar-refractivity contribution >= 4 is 40.4 Å². The SMILES string of the molecule is CCc1ccc(N2CCC(C(=O)N3Cc4cnn(C)c4Nc4cc(Cl)ccc43)CC2)cc1. The molecule has 2 aromatic carbocycles. The number of aryl methyl sites for hydroxylation is 2. The number of benzene rings is 2. The molecule has 0 aliphatic carbocycles. The topological polar surface area (TPSA) is 53.4 Å². The second-order valence-electron chi connectivity index (χ2n) is 8.63. The van der Waals surface area contributed by atoms with Gasteiger partial charge in [-0.15, -0.1) is 0 Å². The minimum Gasteiger partial charge on any atom is -0.371 e. The van der Waals surface area contributed by atoms with E-state index in [1.807, 2.05) is 36.3 Å². The van der Waals surface area contributed by atoms with Crippen LogP contribution in [0.2, 0.25) is 5.02 Å². The monoisotopic (exact) mass is 449 g/mol. The lowest BCUT2D eigenvalue weighted by Gasteiger charge is -2.35. The van der Waals surface area contributed by atoms with Crippen LogP contribution in [0.3, 0.4) is 0 Å². The Kier molecular flexibility index (Phi) is 5.55. The van der Waals surface area contributed by atoms with Gasteiger partial charge in [-0.3, -0.25) is 9.48 Å². The second-order valence-corrected chi connectivity index (χ2v) is 9.07. The normalized spacial score (nSPS) is 16.2. The number of piperidine rings is 1. The van der Waals surface area contributed by atoms with E-state index < -0.39 is 0 Å². The number of carbonyl (C=O) groups is 1. The van der Waals surface area contributed by atoms with Gasteiger partial charge in [-0.2, -0.15) is 5.10 Å². The van der Waals surface area contributed by atoms with E-state index in [1.54, 1.807) is 4.68 Å². The van der Waals surface area contributed by atoms with Gasteiger partial charge in [0.15, 0.2) is 0 Å². The Morgan fingerprint density at radius 3 is 2.62 bits per heavy atom. The van der Waals surface area contributed by atoms with Crippen LogP contribution in [0.15, 0.2) is 48.7 Å². The van der Waals surface area contributed by atoms with Crippen LogP contribution in [0.1, 0.15) is 30.9 Å². The molecule has 1 saturated heterocycles. The van der Waals surface area contributed by atoms with E-state index >= 15 is 0 Å². The first-order valence-electron chi connectivity index (χ1n) is 11.3. The van der Waals surface area contributed by atoms with Crippen LogP contribution in [-0.4, -0.2) is 28.8 Å². The number of nitrogens with one attached hydrogen (secondary N) is 1. The molecule has 6 nitrogen and oxygen atoms in total. The molecule has 1 aromatic heterocycles. The summed E-state index contributed by atoms with van der Waals surface area (Å²) in [5, 5.41) is 8.44. The summed E-state index contributed by atoms with van der Waals surface area (Å²) in [5.74, 6) is 1.07. The van der Waals surface area contributed by atoms with E-state index in [2.05, 4.69) is 46.5 Å². The van der Waals surface area contributed by atoms with Gasteiger partial charge in [0.25, 0.3) is 0 Å². The average molecular weight is 450 g/mol. The summed E-state index contributed by atoms with van der Waals surface area (Å²) >= 11 is 6.27. The van der Waals surface area contributed by atoms with Crippen LogP contribution < -0.4 is 15.1 Å². The molecule has 3 heterocycles. The number of anilines is 4. The van der Waals surface area contributed by atoms with Crippen LogP contribution in [-0.2, 0) is 24.8 Å². The molecule has 2 aliphatic heterocycles. The highest BCUT2D eigenvalue weighted by Gasteiger charge is 2.33. The standard InChI is InChI=1S/C25H28ClN5O/c1-3-17-4-7-21(8-5-17)30-12-10-18(11-13-30)25(32)31-16-19-15-27-29(2)24(19)28-22-14-20(26)6-9-23(22)31/h4-9,14-15,18,28H,3,10-13,16H2,1-2H3. The van der Waals surface area contributed by atoms with Crippen molar-refractivity contribution in [1.29, 1.82) is 0 Å². The van der Waals surface area contributed by atoms with E-state index in [0.29, 0.717) is 11.6 Å². The van der Waals surface area contributed by atoms with Gasteiger partial charge in [0.1, 0.15) is 5.82 Å². The highest BCUT2D eigenvalue weighted by Crippen LogP contribution is 2.38. The minimum absolute atomic E-state index is 0.00270. The summed E-state index contributed by atoms with van der Waals surface area (Å²) in [6.45, 7) is 4.45. The summed E-state index contributed by atoms with van der Waals surface area (Å²) in [6, 6.07) is 14.5. The number of rotatable bonds is 3. The smallest absolute Gasteiger partial charge is 0.230 e. The van der Waals surface area contributed by atoms with Crippen molar-refractivity contribution in [2.45, 2.75) is 32.7 Å². The van der Waals surface area contributed by atoms with Gasteiger partial charge in [0.2, 0.25) is 5.91 Å². The number of hydrogen-bond donors (Lipinski definition) is 1. The first-order chi connectivity index (χ1) is 15.5. The zero-order valence-electron chi connectivity index (χ0n) is 18.5. The van der Waals surface area contributed by atoms with Crippen LogP contribution in [0.25, 0.3) is 0 Å². The van der Waals surface area contributed by atoms with Gasteiger partial charge in [-0.1, -0.05) is 30.7 Å². The van der Waals surface area contributed by atoms with Gasteiger partial charge < -0.3 is 15.1 Å². The van der Waals surface area contributed by atoms with Gasteiger partial charge in [0.05, 0.1) is 24.1 Å². The highest BCUT2D eigenvalue weighted by atomic mass is 35.5. The maximum Gasteiger partial charge on any atom is 0.230 e. The molecule has 32 heavy (non-hydrogen) atoms. The summed E-state index contributed by atoms with van der Waals surface area (Å²) < 4.78 is 1.80. The fourth-order valence-electron chi connectivity index (χ4n) is 4.73. The lowest BCUT2D eigenvalue weighted by molar-refractivity contribution is -0.123. The Morgan fingerprint density at radius 1 is 1.16 bits per heavy atom. The highest BCUT2D eigenvalue weighted by molar-refractivity contribution is 6.31. The van der Waals surface area contributed by atoms with Gasteiger partial charge in [0, 0.05) is 42.3 Å². The molecule has 166 valence electrons. The molecular formula is C25H28ClN5O. The Labute approximate surface area is 193 Å². The van der Waals surface area contributed by atoms with E-state index in [0.717, 1.165) is 55.1 Å². The van der Waals surface area contributed by atoms with Crippen molar-refractivity contribution in [2.75, 3.05) is 28.2 Å². The van der Waals surface area contributed by atoms with Crippen molar-refractivity contribution in [3.8, 4) is 0 Å². The Balaban J connectivity index is 1.36. The van der Waals surface area contributed by atoms with E-state index in [1.165, 1.54) is 11.3 Å². The first kappa shape index (κ1) is 20.9. The number of halogens is 1. The minimum atomic E-state index is 0.00270. The molecule has 1 fully saturated rings. The largest absolute Gasteiger partial charge is 0.371 e. The molecule has 0 saturated carbocycles. The summed E-state index contributed by atoms with van der Waals surface area (Å²) in [6.07, 6.45) is 4.58. The Bertz CT molecular complexity index is 1130. The van der Waals surface area contributed by atoms with E-state index in [9.17, 15) is 4.79 Å². The predicted molar refractivity (Wildman–Crippen MR) is 130 cm³/mol. The maximum atomic E-state index is 13.7. The summed E-state index contributed by atoms with van der Waals surface area (Å²) in [4.78, 5) is 18.0. The average Bonchev–Trinajstić information content (AvgIpc) is 3.07. The van der Waals surface area contributed by atoms with Crippen LogP contribution in [0, 0.1) is 5.92 Å². The quantitative estimate of drug-likeness (QED) is 0.601. The molecular weight excluding hydrogens is 422 g/mol. The number of aromatic nitrogens is 2. The van der Waals surface area contributed by atoms with Gasteiger partial charge in [-0.05, 0) is 55.2 Å². The van der Waals surface area contributed by atoms with Gasteiger partial charge >= 0.3 is 0 Å². The molecule has 0 spiro atoms. The molecule has 0 atom stereocenters. The zero-order valence-corrected chi connectivity index (χ0v) is 19.3. The molecule has 2 aliphatic rings. The van der Waals surface area contributed by atoms with Crippen molar-refractivity contribution < 1.29 is 4.79 Å². The van der Waals surface area contributed by atoms with Crippen LogP contribution in [0.4, 0.5) is 22.9 Å². The van der Waals surface area contributed by atoms with Gasteiger partial charge in [-0.25, -0.2) is 0 Å². The third kappa shape index (κ3) is 3.84. The molecule has 7 heteroatoms. The third-order valence-electron chi connectivity index (χ3n) is 6.67. The van der Waals surface area contributed by atoms with E-state index in [4.69, 9.17) is 11.6 Å². The maximum absolute atomic E-state index is 13.7.